The number of nitrogens with zero attached hydrogens (tertiary/aromatic N) is 1. The van der Waals surface area contributed by atoms with Crippen LogP contribution < -0.4 is 16.0 Å². The molecule has 3 N–H and O–H groups in total. The number of benzene rings is 1. The lowest BCUT2D eigenvalue weighted by atomic mass is 9.79. The third-order valence-electron chi connectivity index (χ3n) is 4.08. The van der Waals surface area contributed by atoms with Gasteiger partial charge in [-0.05, 0) is 58.7 Å². The Bertz CT molecular complexity index is 721. The monoisotopic (exact) mass is 362 g/mol. The van der Waals surface area contributed by atoms with Crippen molar-refractivity contribution in [2.45, 2.75) is 57.7 Å². The molecular weight excluding hydrogens is 340 g/mol. The topological polar surface area (TPSA) is 94.0 Å². The molecule has 1 aromatic carbocycles. The normalized spacial score (nSPS) is 18.9. The molecule has 0 spiro atoms. The van der Waals surface area contributed by atoms with Crippen LogP contribution in [0.3, 0.4) is 0 Å². The molecule has 0 atom stereocenters. The average molecular weight is 363 g/mol. The lowest BCUT2D eigenvalue weighted by molar-refractivity contribution is -0.137. The summed E-state index contributed by atoms with van der Waals surface area (Å²) in [5, 5.41) is 18.3. The molecule has 1 fully saturated rings. The summed E-state index contributed by atoms with van der Waals surface area (Å²) in [7, 11) is 0. The molecule has 1 saturated heterocycles. The molecule has 7 heteroatoms. The third-order valence-corrected chi connectivity index (χ3v) is 4.32. The van der Waals surface area contributed by atoms with Crippen molar-refractivity contribution in [3.63, 3.8) is 0 Å². The van der Waals surface area contributed by atoms with Gasteiger partial charge in [-0.25, -0.2) is 0 Å². The Balaban J connectivity index is 2.04. The quantitative estimate of drug-likeness (QED) is 0.705. The minimum absolute atomic E-state index is 0.106. The number of piperidine rings is 1. The van der Waals surface area contributed by atoms with Crippen molar-refractivity contribution in [3.8, 4) is 6.07 Å². The van der Waals surface area contributed by atoms with E-state index < -0.39 is 11.8 Å². The van der Waals surface area contributed by atoms with Crippen LogP contribution in [0, 0.1) is 11.3 Å². The molecule has 1 aromatic rings. The standard InChI is InChI=1S/C18H23ClN4O2/c1-17(2)8-13(9-18(3,4)23-17)21-15(24)16(25)22-14-6-5-12(19)7-11(14)10-20/h5-7,13,23H,8-9H2,1-4H3,(H,21,24)(H,22,25). The second kappa shape index (κ2) is 7.03. The second-order valence-electron chi connectivity index (χ2n) is 7.73. The molecule has 1 heterocycles. The molecule has 0 bridgehead atoms. The molecule has 25 heavy (non-hydrogen) atoms. The number of amides is 2. The fourth-order valence-corrected chi connectivity index (χ4v) is 3.74. The number of carbonyl (C=O) groups excluding carboxylic acids is 2. The molecule has 1 aliphatic heterocycles. The highest BCUT2D eigenvalue weighted by Gasteiger charge is 2.38. The van der Waals surface area contributed by atoms with Gasteiger partial charge in [0, 0.05) is 22.1 Å². The van der Waals surface area contributed by atoms with Gasteiger partial charge in [-0.2, -0.15) is 5.26 Å². The predicted octanol–water partition coefficient (Wildman–Crippen LogP) is 2.58. The molecule has 0 aromatic heterocycles. The van der Waals surface area contributed by atoms with E-state index in [0.29, 0.717) is 5.02 Å². The van der Waals surface area contributed by atoms with Gasteiger partial charge in [-0.15, -0.1) is 0 Å². The zero-order valence-corrected chi connectivity index (χ0v) is 15.6. The molecule has 0 unspecified atom stereocenters. The summed E-state index contributed by atoms with van der Waals surface area (Å²) in [4.78, 5) is 24.4. The van der Waals surface area contributed by atoms with Gasteiger partial charge in [0.25, 0.3) is 0 Å². The fourth-order valence-electron chi connectivity index (χ4n) is 3.57. The van der Waals surface area contributed by atoms with Crippen LogP contribution in [0.25, 0.3) is 0 Å². The number of anilines is 1. The van der Waals surface area contributed by atoms with Crippen LogP contribution in [-0.2, 0) is 9.59 Å². The number of rotatable bonds is 2. The number of nitrogens with one attached hydrogen (secondary N) is 3. The number of hydrogen-bond acceptors (Lipinski definition) is 4. The Labute approximate surface area is 152 Å². The van der Waals surface area contributed by atoms with E-state index in [9.17, 15) is 9.59 Å². The molecule has 134 valence electrons. The number of halogens is 1. The Kier molecular flexibility index (Phi) is 5.40. The van der Waals surface area contributed by atoms with Crippen LogP contribution in [-0.4, -0.2) is 28.9 Å². The maximum absolute atomic E-state index is 12.3. The van der Waals surface area contributed by atoms with Gasteiger partial charge < -0.3 is 16.0 Å². The molecule has 0 aliphatic carbocycles. The van der Waals surface area contributed by atoms with Gasteiger partial charge in [0.05, 0.1) is 11.3 Å². The fraction of sp³-hybridized carbons (Fsp3) is 0.500. The van der Waals surface area contributed by atoms with Crippen molar-refractivity contribution in [1.82, 2.24) is 10.6 Å². The highest BCUT2D eigenvalue weighted by molar-refractivity contribution is 6.40. The Morgan fingerprint density at radius 1 is 1.20 bits per heavy atom. The number of nitriles is 1. The van der Waals surface area contributed by atoms with Crippen molar-refractivity contribution >= 4 is 29.1 Å². The largest absolute Gasteiger partial charge is 0.345 e. The molecule has 6 nitrogen and oxygen atoms in total. The van der Waals surface area contributed by atoms with E-state index in [1.165, 1.54) is 12.1 Å². The summed E-state index contributed by atoms with van der Waals surface area (Å²) >= 11 is 5.83. The van der Waals surface area contributed by atoms with Gasteiger partial charge in [0.15, 0.2) is 0 Å². The zero-order valence-electron chi connectivity index (χ0n) is 14.9. The maximum Gasteiger partial charge on any atom is 0.313 e. The van der Waals surface area contributed by atoms with Crippen molar-refractivity contribution < 1.29 is 9.59 Å². The average Bonchev–Trinajstić information content (AvgIpc) is 2.45. The Morgan fingerprint density at radius 3 is 2.36 bits per heavy atom. The highest BCUT2D eigenvalue weighted by atomic mass is 35.5. The van der Waals surface area contributed by atoms with Gasteiger partial charge in [0.2, 0.25) is 0 Å². The lowest BCUT2D eigenvalue weighted by Crippen LogP contribution is -2.62. The van der Waals surface area contributed by atoms with Gasteiger partial charge >= 0.3 is 11.8 Å². The molecular formula is C18H23ClN4O2. The summed E-state index contributed by atoms with van der Waals surface area (Å²) in [6.07, 6.45) is 1.44. The predicted molar refractivity (Wildman–Crippen MR) is 97.3 cm³/mol. The molecule has 0 saturated carbocycles. The summed E-state index contributed by atoms with van der Waals surface area (Å²) in [5.74, 6) is -1.51. The SMILES string of the molecule is CC1(C)CC(NC(=O)C(=O)Nc2ccc(Cl)cc2C#N)CC(C)(C)N1. The van der Waals surface area contributed by atoms with Gasteiger partial charge in [0.1, 0.15) is 6.07 Å². The minimum Gasteiger partial charge on any atom is -0.345 e. The van der Waals surface area contributed by atoms with Gasteiger partial charge in [-0.3, -0.25) is 9.59 Å². The summed E-state index contributed by atoms with van der Waals surface area (Å²) < 4.78 is 0. The summed E-state index contributed by atoms with van der Waals surface area (Å²) in [6.45, 7) is 8.28. The first-order valence-corrected chi connectivity index (χ1v) is 8.50. The Hall–Kier alpha value is -2.10. The van der Waals surface area contributed by atoms with Crippen LogP contribution in [0.15, 0.2) is 18.2 Å². The molecule has 0 radical (unpaired) electrons. The van der Waals surface area contributed by atoms with E-state index in [2.05, 4.69) is 43.6 Å². The zero-order chi connectivity index (χ0) is 18.8. The van der Waals surface area contributed by atoms with Crippen LogP contribution in [0.4, 0.5) is 5.69 Å². The highest BCUT2D eigenvalue weighted by Crippen LogP contribution is 2.28. The van der Waals surface area contributed by atoms with E-state index in [-0.39, 0.29) is 28.4 Å². The van der Waals surface area contributed by atoms with Crippen LogP contribution in [0.5, 0.6) is 0 Å². The van der Waals surface area contributed by atoms with Crippen LogP contribution in [0.1, 0.15) is 46.1 Å². The molecule has 2 rings (SSSR count). The van der Waals surface area contributed by atoms with Crippen molar-refractivity contribution in [2.24, 2.45) is 0 Å². The molecule has 1 aliphatic rings. The van der Waals surface area contributed by atoms with Crippen LogP contribution >= 0.6 is 11.6 Å². The van der Waals surface area contributed by atoms with E-state index in [1.54, 1.807) is 6.07 Å². The van der Waals surface area contributed by atoms with E-state index in [4.69, 9.17) is 16.9 Å². The number of carbonyl (C=O) groups is 2. The van der Waals surface area contributed by atoms with E-state index >= 15 is 0 Å². The second-order valence-corrected chi connectivity index (χ2v) is 8.16. The first kappa shape index (κ1) is 19.2. The van der Waals surface area contributed by atoms with Crippen molar-refractivity contribution in [3.05, 3.63) is 28.8 Å². The van der Waals surface area contributed by atoms with E-state index in [1.807, 2.05) is 6.07 Å². The first-order valence-electron chi connectivity index (χ1n) is 8.12. The third kappa shape index (κ3) is 5.18. The van der Waals surface area contributed by atoms with Crippen LogP contribution in [0.2, 0.25) is 5.02 Å². The maximum atomic E-state index is 12.3. The van der Waals surface area contributed by atoms with Crippen molar-refractivity contribution in [2.75, 3.05) is 5.32 Å². The van der Waals surface area contributed by atoms with Crippen molar-refractivity contribution in [1.29, 1.82) is 5.26 Å². The summed E-state index contributed by atoms with van der Waals surface area (Å²) in [5.41, 5.74) is 0.191. The first-order chi connectivity index (χ1) is 11.5. The van der Waals surface area contributed by atoms with Gasteiger partial charge in [-0.1, -0.05) is 11.6 Å². The summed E-state index contributed by atoms with van der Waals surface area (Å²) in [6, 6.07) is 6.33. The molecule has 2 amide bonds. The lowest BCUT2D eigenvalue weighted by Gasteiger charge is -2.46. The van der Waals surface area contributed by atoms with E-state index in [0.717, 1.165) is 12.8 Å². The number of hydrogen-bond donors (Lipinski definition) is 3. The Morgan fingerprint density at radius 2 is 1.80 bits per heavy atom. The smallest absolute Gasteiger partial charge is 0.313 e. The minimum atomic E-state index is -0.798.